The zero-order chi connectivity index (χ0) is 10.7. The Hall–Kier alpha value is -0.320. The lowest BCUT2D eigenvalue weighted by Crippen LogP contribution is -2.52. The zero-order valence-corrected chi connectivity index (χ0v) is 10.4. The smallest absolute Gasteiger partial charge is 0.240 e. The van der Waals surface area contributed by atoms with Crippen molar-refractivity contribution in [1.82, 2.24) is 5.32 Å². The first-order chi connectivity index (χ1) is 7.21. The van der Waals surface area contributed by atoms with Crippen molar-refractivity contribution in [3.05, 3.63) is 0 Å². The van der Waals surface area contributed by atoms with E-state index in [1.165, 1.54) is 0 Å². The number of rotatable bonds is 3. The molecular weight excluding hydrogens is 228 g/mol. The highest BCUT2D eigenvalue weighted by Gasteiger charge is 2.37. The van der Waals surface area contributed by atoms with Gasteiger partial charge in [0, 0.05) is 19.1 Å². The van der Waals surface area contributed by atoms with Gasteiger partial charge in [-0.1, -0.05) is 12.8 Å². The van der Waals surface area contributed by atoms with E-state index in [0.29, 0.717) is 5.92 Å². The fourth-order valence-electron chi connectivity index (χ4n) is 2.39. The highest BCUT2D eigenvalue weighted by atomic mass is 35.5. The van der Waals surface area contributed by atoms with E-state index in [1.54, 1.807) is 0 Å². The van der Waals surface area contributed by atoms with Crippen molar-refractivity contribution in [2.24, 2.45) is 11.7 Å². The maximum Gasteiger partial charge on any atom is 0.240 e. The quantitative estimate of drug-likeness (QED) is 0.778. The van der Waals surface area contributed by atoms with Gasteiger partial charge < -0.3 is 15.8 Å². The van der Waals surface area contributed by atoms with Crippen LogP contribution in [0.5, 0.6) is 0 Å². The Morgan fingerprint density at radius 2 is 2.12 bits per heavy atom. The molecule has 2 rings (SSSR count). The molecule has 5 heteroatoms. The summed E-state index contributed by atoms with van der Waals surface area (Å²) in [7, 11) is 0. The molecular formula is C11H21ClN2O2. The molecule has 16 heavy (non-hydrogen) atoms. The van der Waals surface area contributed by atoms with Crippen LogP contribution in [-0.4, -0.2) is 31.2 Å². The van der Waals surface area contributed by atoms with Crippen LogP contribution in [0.2, 0.25) is 0 Å². The van der Waals surface area contributed by atoms with Gasteiger partial charge in [-0.05, 0) is 19.3 Å². The largest absolute Gasteiger partial charge is 0.381 e. The molecule has 94 valence electrons. The van der Waals surface area contributed by atoms with Crippen molar-refractivity contribution in [1.29, 1.82) is 0 Å². The highest BCUT2D eigenvalue weighted by Crippen LogP contribution is 2.27. The molecule has 1 atom stereocenters. The number of hydrogen-bond acceptors (Lipinski definition) is 3. The summed E-state index contributed by atoms with van der Waals surface area (Å²) in [6, 6.07) is 0. The Kier molecular flexibility index (Phi) is 5.02. The molecule has 0 radical (unpaired) electrons. The summed E-state index contributed by atoms with van der Waals surface area (Å²) in [6.07, 6.45) is 4.88. The fourth-order valence-corrected chi connectivity index (χ4v) is 2.39. The molecule has 0 aromatic carbocycles. The number of nitrogens with one attached hydrogen (secondary N) is 1. The van der Waals surface area contributed by atoms with E-state index >= 15 is 0 Å². The number of halogens is 1. The summed E-state index contributed by atoms with van der Waals surface area (Å²) < 4.78 is 5.26. The van der Waals surface area contributed by atoms with Gasteiger partial charge in [-0.15, -0.1) is 12.4 Å². The van der Waals surface area contributed by atoms with Crippen molar-refractivity contribution in [2.75, 3.05) is 19.8 Å². The lowest BCUT2D eigenvalue weighted by molar-refractivity contribution is -0.126. The van der Waals surface area contributed by atoms with Crippen LogP contribution in [0, 0.1) is 5.92 Å². The van der Waals surface area contributed by atoms with Crippen molar-refractivity contribution in [2.45, 2.75) is 37.6 Å². The third kappa shape index (κ3) is 3.09. The van der Waals surface area contributed by atoms with Crippen LogP contribution in [0.4, 0.5) is 0 Å². The topological polar surface area (TPSA) is 64.4 Å². The Bertz CT molecular complexity index is 236. The fraction of sp³-hybridized carbons (Fsp3) is 0.909. The average molecular weight is 249 g/mol. The molecule has 0 aromatic rings. The molecule has 1 saturated carbocycles. The van der Waals surface area contributed by atoms with E-state index in [2.05, 4.69) is 5.32 Å². The zero-order valence-electron chi connectivity index (χ0n) is 9.54. The first-order valence-corrected chi connectivity index (χ1v) is 5.86. The Morgan fingerprint density at radius 1 is 1.44 bits per heavy atom. The van der Waals surface area contributed by atoms with Crippen molar-refractivity contribution < 1.29 is 9.53 Å². The van der Waals surface area contributed by atoms with Crippen LogP contribution in [-0.2, 0) is 9.53 Å². The van der Waals surface area contributed by atoms with Gasteiger partial charge in [0.05, 0.1) is 12.1 Å². The molecule has 4 nitrogen and oxygen atoms in total. The van der Waals surface area contributed by atoms with Gasteiger partial charge in [0.25, 0.3) is 0 Å². The molecule has 1 aliphatic carbocycles. The van der Waals surface area contributed by atoms with Crippen LogP contribution in [0.3, 0.4) is 0 Å². The predicted molar refractivity (Wildman–Crippen MR) is 64.6 cm³/mol. The van der Waals surface area contributed by atoms with Gasteiger partial charge in [0.1, 0.15) is 0 Å². The summed E-state index contributed by atoms with van der Waals surface area (Å²) in [6.45, 7) is 2.32. The SMILES string of the molecule is Cl.NC1(C(=O)NCC2CCOC2)CCCC1. The molecule has 3 N–H and O–H groups in total. The molecule has 0 bridgehead atoms. The third-order valence-corrected chi connectivity index (χ3v) is 3.52. The van der Waals surface area contributed by atoms with Gasteiger partial charge >= 0.3 is 0 Å². The highest BCUT2D eigenvalue weighted by molar-refractivity contribution is 5.86. The van der Waals surface area contributed by atoms with E-state index in [0.717, 1.165) is 51.9 Å². The lowest BCUT2D eigenvalue weighted by atomic mass is 9.97. The minimum atomic E-state index is -0.584. The second kappa shape index (κ2) is 5.84. The van der Waals surface area contributed by atoms with E-state index < -0.39 is 5.54 Å². The molecule has 1 heterocycles. The van der Waals surface area contributed by atoms with E-state index in [9.17, 15) is 4.79 Å². The van der Waals surface area contributed by atoms with Crippen molar-refractivity contribution in [3.63, 3.8) is 0 Å². The van der Waals surface area contributed by atoms with Gasteiger partial charge in [-0.2, -0.15) is 0 Å². The standard InChI is InChI=1S/C11H20N2O2.ClH/c12-11(4-1-2-5-11)10(14)13-7-9-3-6-15-8-9;/h9H,1-8,12H2,(H,13,14);1H. The molecule has 2 fully saturated rings. The minimum Gasteiger partial charge on any atom is -0.381 e. The summed E-state index contributed by atoms with van der Waals surface area (Å²) in [5.41, 5.74) is 5.46. The number of carbonyl (C=O) groups is 1. The van der Waals surface area contributed by atoms with Gasteiger partial charge in [0.2, 0.25) is 5.91 Å². The lowest BCUT2D eigenvalue weighted by Gasteiger charge is -2.23. The Balaban J connectivity index is 0.00000128. The van der Waals surface area contributed by atoms with E-state index in [-0.39, 0.29) is 18.3 Å². The summed E-state index contributed by atoms with van der Waals surface area (Å²) >= 11 is 0. The van der Waals surface area contributed by atoms with Crippen LogP contribution in [0.15, 0.2) is 0 Å². The molecule has 2 aliphatic rings. The van der Waals surface area contributed by atoms with Gasteiger partial charge in [0.15, 0.2) is 0 Å². The monoisotopic (exact) mass is 248 g/mol. The molecule has 0 aromatic heterocycles. The number of nitrogens with two attached hydrogens (primary N) is 1. The van der Waals surface area contributed by atoms with Crippen LogP contribution >= 0.6 is 12.4 Å². The van der Waals surface area contributed by atoms with Gasteiger partial charge in [-0.25, -0.2) is 0 Å². The molecule has 1 aliphatic heterocycles. The second-order valence-electron chi connectivity index (χ2n) is 4.80. The number of ether oxygens (including phenoxy) is 1. The predicted octanol–water partition coefficient (Wildman–Crippen LogP) is 0.832. The van der Waals surface area contributed by atoms with E-state index in [1.807, 2.05) is 0 Å². The Labute approximate surface area is 103 Å². The summed E-state index contributed by atoms with van der Waals surface area (Å²) in [4.78, 5) is 11.8. The maximum atomic E-state index is 11.8. The maximum absolute atomic E-state index is 11.8. The Morgan fingerprint density at radius 3 is 2.69 bits per heavy atom. The molecule has 0 spiro atoms. The van der Waals surface area contributed by atoms with Crippen LogP contribution < -0.4 is 11.1 Å². The first kappa shape index (κ1) is 13.7. The summed E-state index contributed by atoms with van der Waals surface area (Å²) in [5, 5.41) is 2.96. The van der Waals surface area contributed by atoms with Crippen LogP contribution in [0.25, 0.3) is 0 Å². The second-order valence-corrected chi connectivity index (χ2v) is 4.80. The molecule has 1 unspecified atom stereocenters. The van der Waals surface area contributed by atoms with Crippen molar-refractivity contribution >= 4 is 18.3 Å². The average Bonchev–Trinajstić information content (AvgIpc) is 2.85. The summed E-state index contributed by atoms with van der Waals surface area (Å²) in [5.74, 6) is 0.519. The number of amides is 1. The number of carbonyl (C=O) groups excluding carboxylic acids is 1. The van der Waals surface area contributed by atoms with Crippen LogP contribution in [0.1, 0.15) is 32.1 Å². The third-order valence-electron chi connectivity index (χ3n) is 3.52. The normalized spacial score (nSPS) is 27.4. The van der Waals surface area contributed by atoms with Gasteiger partial charge in [-0.3, -0.25) is 4.79 Å². The van der Waals surface area contributed by atoms with Crippen molar-refractivity contribution in [3.8, 4) is 0 Å². The first-order valence-electron chi connectivity index (χ1n) is 5.86. The molecule has 1 amide bonds. The number of hydrogen-bond donors (Lipinski definition) is 2. The molecule has 1 saturated heterocycles. The minimum absolute atomic E-state index is 0. The van der Waals surface area contributed by atoms with E-state index in [4.69, 9.17) is 10.5 Å².